The summed E-state index contributed by atoms with van der Waals surface area (Å²) in [7, 11) is 0. The third kappa shape index (κ3) is 4.60. The Morgan fingerprint density at radius 3 is 2.00 bits per heavy atom. The van der Waals surface area contributed by atoms with E-state index in [-0.39, 0.29) is 5.54 Å². The van der Waals surface area contributed by atoms with Gasteiger partial charge in [0.25, 0.3) is 0 Å². The number of likely N-dealkylation sites (tertiary alicyclic amines) is 1. The molecule has 1 fully saturated rings. The summed E-state index contributed by atoms with van der Waals surface area (Å²) in [5, 5.41) is 3.53. The smallest absolute Gasteiger partial charge is 0.0233 e. The summed E-state index contributed by atoms with van der Waals surface area (Å²) in [6.07, 6.45) is 0. The fraction of sp³-hybridized carbons (Fsp3) is 0.667. The van der Waals surface area contributed by atoms with E-state index in [1.54, 1.807) is 0 Å². The van der Waals surface area contributed by atoms with Crippen LogP contribution in [0.3, 0.4) is 0 Å². The summed E-state index contributed by atoms with van der Waals surface area (Å²) in [6.45, 7) is 15.9. The predicted octanol–water partition coefficient (Wildman–Crippen LogP) is 3.66. The Morgan fingerprint density at radius 2 is 1.50 bits per heavy atom. The average molecular weight is 274 g/mol. The zero-order chi connectivity index (χ0) is 14.8. The van der Waals surface area contributed by atoms with Gasteiger partial charge in [-0.3, -0.25) is 4.90 Å². The summed E-state index contributed by atoms with van der Waals surface area (Å²) in [5.41, 5.74) is 2.98. The van der Waals surface area contributed by atoms with Crippen LogP contribution in [0, 0.1) is 11.8 Å². The van der Waals surface area contributed by atoms with Crippen molar-refractivity contribution in [1.29, 1.82) is 0 Å². The lowest BCUT2D eigenvalue weighted by molar-refractivity contribution is 0.316. The third-order valence-electron chi connectivity index (χ3n) is 4.32. The van der Waals surface area contributed by atoms with E-state index in [0.717, 1.165) is 24.9 Å². The maximum absolute atomic E-state index is 3.53. The van der Waals surface area contributed by atoms with Crippen molar-refractivity contribution in [2.45, 2.75) is 53.2 Å². The van der Waals surface area contributed by atoms with E-state index in [9.17, 15) is 0 Å². The first-order chi connectivity index (χ1) is 9.33. The van der Waals surface area contributed by atoms with Crippen molar-refractivity contribution in [3.63, 3.8) is 0 Å². The van der Waals surface area contributed by atoms with Crippen molar-refractivity contribution >= 4 is 0 Å². The van der Waals surface area contributed by atoms with Crippen LogP contribution in [0.15, 0.2) is 24.3 Å². The minimum Gasteiger partial charge on any atom is -0.308 e. The summed E-state index contributed by atoms with van der Waals surface area (Å²) < 4.78 is 0. The lowest BCUT2D eigenvalue weighted by Crippen LogP contribution is -2.35. The minimum absolute atomic E-state index is 0.181. The molecule has 0 saturated carbocycles. The fourth-order valence-corrected chi connectivity index (χ4v) is 2.77. The molecule has 1 aliphatic rings. The second kappa shape index (κ2) is 6.28. The molecule has 112 valence electrons. The first kappa shape index (κ1) is 15.5. The standard InChI is InChI=1S/C18H30N2/c1-14-11-20(12-15(14)2)13-17-8-6-16(7-9-17)10-19-18(3,4)5/h6-9,14-15,19H,10-13H2,1-5H3. The van der Waals surface area contributed by atoms with Crippen molar-refractivity contribution in [2.24, 2.45) is 11.8 Å². The van der Waals surface area contributed by atoms with Crippen LogP contribution in [0.4, 0.5) is 0 Å². The van der Waals surface area contributed by atoms with Gasteiger partial charge in [0.2, 0.25) is 0 Å². The molecule has 1 aromatic rings. The summed E-state index contributed by atoms with van der Waals surface area (Å²) in [4.78, 5) is 2.58. The van der Waals surface area contributed by atoms with Gasteiger partial charge >= 0.3 is 0 Å². The van der Waals surface area contributed by atoms with Gasteiger partial charge in [-0.05, 0) is 43.7 Å². The van der Waals surface area contributed by atoms with E-state index in [2.05, 4.69) is 69.1 Å². The molecule has 2 unspecified atom stereocenters. The Balaban J connectivity index is 1.86. The van der Waals surface area contributed by atoms with Gasteiger partial charge in [0.05, 0.1) is 0 Å². The van der Waals surface area contributed by atoms with Crippen LogP contribution >= 0.6 is 0 Å². The molecule has 2 rings (SSSR count). The Bertz CT molecular complexity index is 406. The normalized spacial score (nSPS) is 24.2. The topological polar surface area (TPSA) is 15.3 Å². The fourth-order valence-electron chi connectivity index (χ4n) is 2.77. The molecule has 0 bridgehead atoms. The van der Waals surface area contributed by atoms with Crippen LogP contribution in [0.2, 0.25) is 0 Å². The van der Waals surface area contributed by atoms with E-state index in [0.29, 0.717) is 0 Å². The highest BCUT2D eigenvalue weighted by molar-refractivity contribution is 5.22. The Kier molecular flexibility index (Phi) is 4.87. The quantitative estimate of drug-likeness (QED) is 0.901. The van der Waals surface area contributed by atoms with Crippen LogP contribution in [-0.2, 0) is 13.1 Å². The first-order valence-corrected chi connectivity index (χ1v) is 7.89. The van der Waals surface area contributed by atoms with Crippen molar-refractivity contribution in [1.82, 2.24) is 10.2 Å². The molecule has 0 amide bonds. The summed E-state index contributed by atoms with van der Waals surface area (Å²) in [6, 6.07) is 9.09. The molecular weight excluding hydrogens is 244 g/mol. The number of rotatable bonds is 4. The monoisotopic (exact) mass is 274 g/mol. The van der Waals surface area contributed by atoms with E-state index in [1.165, 1.54) is 24.2 Å². The van der Waals surface area contributed by atoms with Crippen LogP contribution in [-0.4, -0.2) is 23.5 Å². The van der Waals surface area contributed by atoms with Crippen molar-refractivity contribution in [3.05, 3.63) is 35.4 Å². The predicted molar refractivity (Wildman–Crippen MR) is 86.6 cm³/mol. The molecule has 0 spiro atoms. The van der Waals surface area contributed by atoms with Gasteiger partial charge in [-0.15, -0.1) is 0 Å². The number of nitrogens with zero attached hydrogens (tertiary/aromatic N) is 1. The van der Waals surface area contributed by atoms with Crippen molar-refractivity contribution < 1.29 is 0 Å². The van der Waals surface area contributed by atoms with Crippen LogP contribution in [0.25, 0.3) is 0 Å². The number of hydrogen-bond donors (Lipinski definition) is 1. The van der Waals surface area contributed by atoms with Crippen molar-refractivity contribution in [3.8, 4) is 0 Å². The number of benzene rings is 1. The summed E-state index contributed by atoms with van der Waals surface area (Å²) >= 11 is 0. The van der Waals surface area contributed by atoms with Gasteiger partial charge in [-0.2, -0.15) is 0 Å². The molecule has 1 N–H and O–H groups in total. The van der Waals surface area contributed by atoms with E-state index in [1.807, 2.05) is 0 Å². The molecule has 0 aliphatic carbocycles. The van der Waals surface area contributed by atoms with Crippen LogP contribution < -0.4 is 5.32 Å². The van der Waals surface area contributed by atoms with Gasteiger partial charge < -0.3 is 5.32 Å². The van der Waals surface area contributed by atoms with E-state index < -0.39 is 0 Å². The van der Waals surface area contributed by atoms with E-state index >= 15 is 0 Å². The van der Waals surface area contributed by atoms with Gasteiger partial charge in [-0.1, -0.05) is 38.1 Å². The van der Waals surface area contributed by atoms with Crippen molar-refractivity contribution in [2.75, 3.05) is 13.1 Å². The highest BCUT2D eigenvalue weighted by Crippen LogP contribution is 2.23. The Morgan fingerprint density at radius 1 is 1.00 bits per heavy atom. The molecule has 1 aromatic carbocycles. The average Bonchev–Trinajstić information content (AvgIpc) is 2.66. The largest absolute Gasteiger partial charge is 0.308 e. The Labute approximate surface area is 124 Å². The molecule has 1 saturated heterocycles. The molecule has 0 radical (unpaired) electrons. The molecule has 20 heavy (non-hydrogen) atoms. The lowest BCUT2D eigenvalue weighted by atomic mass is 10.0. The minimum atomic E-state index is 0.181. The zero-order valence-corrected chi connectivity index (χ0v) is 13.7. The van der Waals surface area contributed by atoms with Crippen LogP contribution in [0.1, 0.15) is 45.7 Å². The third-order valence-corrected chi connectivity index (χ3v) is 4.32. The highest BCUT2D eigenvalue weighted by atomic mass is 15.1. The second-order valence-corrected chi connectivity index (χ2v) is 7.57. The maximum atomic E-state index is 3.53. The molecule has 2 atom stereocenters. The van der Waals surface area contributed by atoms with E-state index in [4.69, 9.17) is 0 Å². The highest BCUT2D eigenvalue weighted by Gasteiger charge is 2.25. The molecule has 2 nitrogen and oxygen atoms in total. The van der Waals surface area contributed by atoms with Crippen LogP contribution in [0.5, 0.6) is 0 Å². The second-order valence-electron chi connectivity index (χ2n) is 7.57. The molecule has 1 heterocycles. The van der Waals surface area contributed by atoms with Gasteiger partial charge in [0.1, 0.15) is 0 Å². The van der Waals surface area contributed by atoms with Gasteiger partial charge in [-0.25, -0.2) is 0 Å². The molecular formula is C18H30N2. The summed E-state index contributed by atoms with van der Waals surface area (Å²) in [5.74, 6) is 1.68. The molecule has 1 aliphatic heterocycles. The lowest BCUT2D eigenvalue weighted by Gasteiger charge is -2.21. The SMILES string of the molecule is CC1CN(Cc2ccc(CNC(C)(C)C)cc2)CC1C. The van der Waals surface area contributed by atoms with Gasteiger partial charge in [0, 0.05) is 31.7 Å². The molecule has 2 heteroatoms. The number of hydrogen-bond acceptors (Lipinski definition) is 2. The zero-order valence-electron chi connectivity index (χ0n) is 13.7. The molecule has 0 aromatic heterocycles. The number of nitrogens with one attached hydrogen (secondary N) is 1. The van der Waals surface area contributed by atoms with Gasteiger partial charge in [0.15, 0.2) is 0 Å². The Hall–Kier alpha value is -0.860. The first-order valence-electron chi connectivity index (χ1n) is 7.89. The maximum Gasteiger partial charge on any atom is 0.0233 e.